The highest BCUT2D eigenvalue weighted by molar-refractivity contribution is 6.30. The highest BCUT2D eigenvalue weighted by Gasteiger charge is 2.17. The molecule has 0 radical (unpaired) electrons. The second-order valence-corrected chi connectivity index (χ2v) is 2.98. The predicted molar refractivity (Wildman–Crippen MR) is 51.5 cm³/mol. The number of hydrogen-bond donors (Lipinski definition) is 1. The summed E-state index contributed by atoms with van der Waals surface area (Å²) in [5.74, 6) is -1.84. The van der Waals surface area contributed by atoms with Gasteiger partial charge in [-0.25, -0.2) is 13.2 Å². The standard InChI is InChI=1S/C8H7ClF3N.ClH/c9-4-1-5(11)8(6(12)2-4)7(13)3-10;/h1-2,7H,3,13H2;1H/t7-;/m0./s1. The van der Waals surface area contributed by atoms with E-state index in [9.17, 15) is 13.2 Å². The Hall–Kier alpha value is -0.450. The smallest absolute Gasteiger partial charge is 0.132 e. The zero-order chi connectivity index (χ0) is 10.0. The van der Waals surface area contributed by atoms with E-state index in [0.29, 0.717) is 0 Å². The summed E-state index contributed by atoms with van der Waals surface area (Å²) in [6.45, 7) is -1.02. The third kappa shape index (κ3) is 2.77. The fourth-order valence-corrected chi connectivity index (χ4v) is 1.18. The van der Waals surface area contributed by atoms with Crippen molar-refractivity contribution in [3.63, 3.8) is 0 Å². The van der Waals surface area contributed by atoms with Crippen LogP contribution in [-0.4, -0.2) is 6.67 Å². The summed E-state index contributed by atoms with van der Waals surface area (Å²) < 4.78 is 38.0. The second kappa shape index (κ2) is 5.44. The Bertz CT molecular complexity index is 296. The molecule has 14 heavy (non-hydrogen) atoms. The molecular formula is C8H8Cl2F3N. The molecule has 6 heteroatoms. The van der Waals surface area contributed by atoms with Crippen molar-refractivity contribution in [2.75, 3.05) is 6.67 Å². The number of rotatable bonds is 2. The number of alkyl halides is 1. The Morgan fingerprint density at radius 2 is 1.71 bits per heavy atom. The van der Waals surface area contributed by atoms with Crippen LogP contribution in [0.15, 0.2) is 12.1 Å². The van der Waals surface area contributed by atoms with Gasteiger partial charge in [0.2, 0.25) is 0 Å². The molecule has 0 saturated heterocycles. The van der Waals surface area contributed by atoms with Crippen molar-refractivity contribution in [2.45, 2.75) is 6.04 Å². The summed E-state index contributed by atoms with van der Waals surface area (Å²) in [6, 6.07) is 0.516. The summed E-state index contributed by atoms with van der Waals surface area (Å²) >= 11 is 5.36. The van der Waals surface area contributed by atoms with Gasteiger partial charge in [0.25, 0.3) is 0 Å². The maximum atomic E-state index is 13.0. The van der Waals surface area contributed by atoms with Crippen LogP contribution in [0.1, 0.15) is 11.6 Å². The minimum atomic E-state index is -1.28. The van der Waals surface area contributed by atoms with E-state index in [1.807, 2.05) is 0 Å². The van der Waals surface area contributed by atoms with Gasteiger partial charge in [-0.05, 0) is 12.1 Å². The maximum Gasteiger partial charge on any atom is 0.132 e. The van der Waals surface area contributed by atoms with Crippen LogP contribution in [0.3, 0.4) is 0 Å². The van der Waals surface area contributed by atoms with Crippen LogP contribution in [-0.2, 0) is 0 Å². The van der Waals surface area contributed by atoms with E-state index in [2.05, 4.69) is 0 Å². The molecule has 0 aliphatic heterocycles. The molecule has 0 bridgehead atoms. The summed E-state index contributed by atoms with van der Waals surface area (Å²) in [5.41, 5.74) is 4.68. The molecular weight excluding hydrogens is 238 g/mol. The van der Waals surface area contributed by atoms with Gasteiger partial charge in [-0.3, -0.25) is 0 Å². The van der Waals surface area contributed by atoms with Crippen LogP contribution >= 0.6 is 24.0 Å². The number of nitrogens with two attached hydrogens (primary N) is 1. The molecule has 1 nitrogen and oxygen atoms in total. The van der Waals surface area contributed by atoms with Crippen LogP contribution in [0.5, 0.6) is 0 Å². The van der Waals surface area contributed by atoms with E-state index in [4.69, 9.17) is 17.3 Å². The summed E-state index contributed by atoms with van der Waals surface area (Å²) in [7, 11) is 0. The van der Waals surface area contributed by atoms with Gasteiger partial charge in [0, 0.05) is 10.6 Å². The molecule has 0 fully saturated rings. The van der Waals surface area contributed by atoms with Gasteiger partial charge in [-0.15, -0.1) is 12.4 Å². The third-order valence-corrected chi connectivity index (χ3v) is 1.80. The molecule has 0 aliphatic rings. The van der Waals surface area contributed by atoms with Crippen molar-refractivity contribution in [3.8, 4) is 0 Å². The largest absolute Gasteiger partial charge is 0.322 e. The van der Waals surface area contributed by atoms with Gasteiger partial charge in [0.1, 0.15) is 18.3 Å². The van der Waals surface area contributed by atoms with Crippen molar-refractivity contribution in [1.29, 1.82) is 0 Å². The molecule has 1 atom stereocenters. The van der Waals surface area contributed by atoms with E-state index in [-0.39, 0.29) is 17.4 Å². The Labute approximate surface area is 90.5 Å². The molecule has 0 aliphatic carbocycles. The molecule has 0 amide bonds. The van der Waals surface area contributed by atoms with Crippen LogP contribution in [0, 0.1) is 11.6 Å². The van der Waals surface area contributed by atoms with E-state index in [0.717, 1.165) is 12.1 Å². The van der Waals surface area contributed by atoms with E-state index in [1.165, 1.54) is 0 Å². The van der Waals surface area contributed by atoms with Crippen molar-refractivity contribution < 1.29 is 13.2 Å². The van der Waals surface area contributed by atoms with Gasteiger partial charge in [0.05, 0.1) is 6.04 Å². The molecule has 0 saturated carbocycles. The maximum absolute atomic E-state index is 13.0. The molecule has 0 aromatic heterocycles. The topological polar surface area (TPSA) is 26.0 Å². The molecule has 80 valence electrons. The molecule has 1 rings (SSSR count). The van der Waals surface area contributed by atoms with E-state index < -0.39 is 29.9 Å². The van der Waals surface area contributed by atoms with Crippen LogP contribution in [0.2, 0.25) is 5.02 Å². The summed E-state index contributed by atoms with van der Waals surface area (Å²) in [4.78, 5) is 0. The second-order valence-electron chi connectivity index (χ2n) is 2.54. The lowest BCUT2D eigenvalue weighted by Gasteiger charge is -2.09. The molecule has 1 aromatic carbocycles. The van der Waals surface area contributed by atoms with Gasteiger partial charge in [-0.1, -0.05) is 11.6 Å². The average molecular weight is 246 g/mol. The minimum absolute atomic E-state index is 0. The normalized spacial score (nSPS) is 12.1. The first-order valence-electron chi connectivity index (χ1n) is 3.52. The Morgan fingerprint density at radius 3 is 2.07 bits per heavy atom. The van der Waals surface area contributed by atoms with Crippen molar-refractivity contribution in [2.24, 2.45) is 5.73 Å². The van der Waals surface area contributed by atoms with Crippen LogP contribution in [0.4, 0.5) is 13.2 Å². The number of hydrogen-bond acceptors (Lipinski definition) is 1. The lowest BCUT2D eigenvalue weighted by Crippen LogP contribution is -2.16. The van der Waals surface area contributed by atoms with E-state index >= 15 is 0 Å². The Kier molecular flexibility index (Phi) is 5.26. The number of halogens is 5. The molecule has 2 N–H and O–H groups in total. The van der Waals surface area contributed by atoms with Gasteiger partial charge in [-0.2, -0.15) is 0 Å². The lowest BCUT2D eigenvalue weighted by molar-refractivity contribution is 0.413. The first-order valence-corrected chi connectivity index (χ1v) is 3.90. The molecule has 0 unspecified atom stereocenters. The minimum Gasteiger partial charge on any atom is -0.322 e. The van der Waals surface area contributed by atoms with Crippen LogP contribution < -0.4 is 5.73 Å². The summed E-state index contributed by atoms with van der Waals surface area (Å²) in [6.07, 6.45) is 0. The fraction of sp³-hybridized carbons (Fsp3) is 0.250. The Morgan fingerprint density at radius 1 is 1.29 bits per heavy atom. The highest BCUT2D eigenvalue weighted by atomic mass is 35.5. The molecule has 0 spiro atoms. The first kappa shape index (κ1) is 13.5. The predicted octanol–water partition coefficient (Wildman–Crippen LogP) is 3.01. The lowest BCUT2D eigenvalue weighted by atomic mass is 10.1. The van der Waals surface area contributed by atoms with Crippen molar-refractivity contribution in [1.82, 2.24) is 0 Å². The van der Waals surface area contributed by atoms with Crippen LogP contribution in [0.25, 0.3) is 0 Å². The SMILES string of the molecule is Cl.N[C@@H](CF)c1c(F)cc(Cl)cc1F. The third-order valence-electron chi connectivity index (χ3n) is 1.58. The quantitative estimate of drug-likeness (QED) is 0.852. The molecule has 0 heterocycles. The zero-order valence-electron chi connectivity index (χ0n) is 6.94. The monoisotopic (exact) mass is 245 g/mol. The average Bonchev–Trinajstić information content (AvgIpc) is 2.02. The number of benzene rings is 1. The summed E-state index contributed by atoms with van der Waals surface area (Å²) in [5, 5.41) is -0.0789. The van der Waals surface area contributed by atoms with Gasteiger partial charge >= 0.3 is 0 Å². The van der Waals surface area contributed by atoms with Gasteiger partial charge in [0.15, 0.2) is 0 Å². The first-order chi connectivity index (χ1) is 6.06. The van der Waals surface area contributed by atoms with Gasteiger partial charge < -0.3 is 5.73 Å². The van der Waals surface area contributed by atoms with E-state index in [1.54, 1.807) is 0 Å². The highest BCUT2D eigenvalue weighted by Crippen LogP contribution is 2.23. The zero-order valence-corrected chi connectivity index (χ0v) is 8.51. The Balaban J connectivity index is 0.00000169. The fourth-order valence-electron chi connectivity index (χ4n) is 0.985. The molecule has 1 aromatic rings. The van der Waals surface area contributed by atoms with Crippen molar-refractivity contribution >= 4 is 24.0 Å². The van der Waals surface area contributed by atoms with Crippen molar-refractivity contribution in [3.05, 3.63) is 34.4 Å².